The molecule has 1 aliphatic carbocycles. The molecule has 106 valence electrons. The van der Waals surface area contributed by atoms with Crippen LogP contribution in [0.15, 0.2) is 41.3 Å². The van der Waals surface area contributed by atoms with Gasteiger partial charge in [0, 0.05) is 17.8 Å². The van der Waals surface area contributed by atoms with E-state index < -0.39 is 0 Å². The summed E-state index contributed by atoms with van der Waals surface area (Å²) < 4.78 is 2.70. The molecule has 0 unspecified atom stereocenters. The van der Waals surface area contributed by atoms with E-state index >= 15 is 0 Å². The molecule has 0 bridgehead atoms. The van der Waals surface area contributed by atoms with Gasteiger partial charge in [-0.3, -0.25) is 0 Å². The summed E-state index contributed by atoms with van der Waals surface area (Å²) in [6, 6.07) is 8.02. The third-order valence-corrected chi connectivity index (χ3v) is 4.02. The minimum atomic E-state index is 0.660. The van der Waals surface area contributed by atoms with Crippen LogP contribution in [0.5, 0.6) is 0 Å². The third-order valence-electron chi connectivity index (χ3n) is 3.59. The Morgan fingerprint density at radius 1 is 1.29 bits per heavy atom. The summed E-state index contributed by atoms with van der Waals surface area (Å²) in [6.07, 6.45) is 6.28. The Labute approximate surface area is 130 Å². The van der Waals surface area contributed by atoms with Crippen LogP contribution in [0.3, 0.4) is 0 Å². The highest BCUT2D eigenvalue weighted by Crippen LogP contribution is 2.38. The maximum Gasteiger partial charge on any atom is 0.153 e. The van der Waals surface area contributed by atoms with E-state index in [-0.39, 0.29) is 0 Å². The van der Waals surface area contributed by atoms with Crippen molar-refractivity contribution in [2.45, 2.75) is 25.3 Å². The lowest BCUT2D eigenvalue weighted by Crippen LogP contribution is -1.99. The summed E-state index contributed by atoms with van der Waals surface area (Å²) in [4.78, 5) is 8.69. The van der Waals surface area contributed by atoms with Crippen LogP contribution in [-0.2, 0) is 6.54 Å². The van der Waals surface area contributed by atoms with Crippen LogP contribution in [0.25, 0.3) is 5.65 Å². The summed E-state index contributed by atoms with van der Waals surface area (Å²) >= 11 is 3.36. The number of aromatic nitrogens is 4. The van der Waals surface area contributed by atoms with Crippen molar-refractivity contribution < 1.29 is 0 Å². The predicted molar refractivity (Wildman–Crippen MR) is 84.2 cm³/mol. The molecule has 0 spiro atoms. The fourth-order valence-electron chi connectivity index (χ4n) is 2.33. The quantitative estimate of drug-likeness (QED) is 0.738. The van der Waals surface area contributed by atoms with Gasteiger partial charge in [-0.05, 0) is 53.0 Å². The number of rotatable bonds is 4. The Hall–Kier alpha value is -1.95. The average molecular weight is 344 g/mol. The number of nitrogens with one attached hydrogen (secondary N) is 1. The van der Waals surface area contributed by atoms with E-state index in [1.807, 2.05) is 28.9 Å². The minimum absolute atomic E-state index is 0.660. The molecule has 1 saturated carbocycles. The second-order valence-corrected chi connectivity index (χ2v) is 6.10. The van der Waals surface area contributed by atoms with Gasteiger partial charge in [0.1, 0.15) is 4.60 Å². The second-order valence-electron chi connectivity index (χ2n) is 5.29. The SMILES string of the molecule is Brc1cc(NCc2cn3nc(C4CC4)ccc3n2)ccn1. The monoisotopic (exact) mass is 343 g/mol. The molecule has 0 aliphatic heterocycles. The maximum atomic E-state index is 4.64. The highest BCUT2D eigenvalue weighted by atomic mass is 79.9. The fraction of sp³-hybridized carbons (Fsp3) is 0.267. The first-order valence-electron chi connectivity index (χ1n) is 6.98. The van der Waals surface area contributed by atoms with Gasteiger partial charge < -0.3 is 5.32 Å². The number of fused-ring (bicyclic) bond motifs is 1. The maximum absolute atomic E-state index is 4.64. The van der Waals surface area contributed by atoms with Crippen molar-refractivity contribution in [3.05, 3.63) is 52.7 Å². The third kappa shape index (κ3) is 2.76. The van der Waals surface area contributed by atoms with Crippen LogP contribution >= 0.6 is 15.9 Å². The van der Waals surface area contributed by atoms with Crippen molar-refractivity contribution in [2.75, 3.05) is 5.32 Å². The highest BCUT2D eigenvalue weighted by Gasteiger charge is 2.25. The fourth-order valence-corrected chi connectivity index (χ4v) is 2.70. The molecule has 0 radical (unpaired) electrons. The van der Waals surface area contributed by atoms with Crippen LogP contribution in [-0.4, -0.2) is 19.6 Å². The van der Waals surface area contributed by atoms with E-state index in [0.717, 1.165) is 21.6 Å². The molecule has 1 aliphatic rings. The molecule has 4 rings (SSSR count). The summed E-state index contributed by atoms with van der Waals surface area (Å²) in [5, 5.41) is 7.97. The van der Waals surface area contributed by atoms with Crippen molar-refractivity contribution in [3.63, 3.8) is 0 Å². The lowest BCUT2D eigenvalue weighted by Gasteiger charge is -2.03. The van der Waals surface area contributed by atoms with Gasteiger partial charge >= 0.3 is 0 Å². The zero-order valence-corrected chi connectivity index (χ0v) is 12.9. The largest absolute Gasteiger partial charge is 0.379 e. The van der Waals surface area contributed by atoms with Gasteiger partial charge in [0.25, 0.3) is 0 Å². The Balaban J connectivity index is 1.53. The van der Waals surface area contributed by atoms with E-state index in [0.29, 0.717) is 12.5 Å². The molecule has 0 saturated heterocycles. The molecule has 1 fully saturated rings. The lowest BCUT2D eigenvalue weighted by atomic mass is 10.3. The summed E-state index contributed by atoms with van der Waals surface area (Å²) in [5.41, 5.74) is 4.06. The van der Waals surface area contributed by atoms with Gasteiger partial charge in [-0.15, -0.1) is 0 Å². The Morgan fingerprint density at radius 3 is 3.00 bits per heavy atom. The summed E-state index contributed by atoms with van der Waals surface area (Å²) in [6.45, 7) is 0.665. The number of hydrogen-bond acceptors (Lipinski definition) is 4. The molecule has 21 heavy (non-hydrogen) atoms. The first-order chi connectivity index (χ1) is 10.3. The topological polar surface area (TPSA) is 55.1 Å². The number of halogens is 1. The molecule has 3 aromatic heterocycles. The molecule has 0 amide bonds. The zero-order chi connectivity index (χ0) is 14.2. The van der Waals surface area contributed by atoms with E-state index in [1.54, 1.807) is 6.20 Å². The highest BCUT2D eigenvalue weighted by molar-refractivity contribution is 9.10. The van der Waals surface area contributed by atoms with Gasteiger partial charge in [0.2, 0.25) is 0 Å². The van der Waals surface area contributed by atoms with Crippen molar-refractivity contribution in [1.29, 1.82) is 0 Å². The molecule has 0 atom stereocenters. The predicted octanol–water partition coefficient (Wildman–Crippen LogP) is 3.38. The zero-order valence-electron chi connectivity index (χ0n) is 11.3. The van der Waals surface area contributed by atoms with Gasteiger partial charge in [-0.1, -0.05) is 0 Å². The first-order valence-corrected chi connectivity index (χ1v) is 7.78. The van der Waals surface area contributed by atoms with Crippen LogP contribution in [0, 0.1) is 0 Å². The van der Waals surface area contributed by atoms with E-state index in [4.69, 9.17) is 0 Å². The van der Waals surface area contributed by atoms with E-state index in [9.17, 15) is 0 Å². The number of pyridine rings is 1. The molecule has 5 nitrogen and oxygen atoms in total. The van der Waals surface area contributed by atoms with Gasteiger partial charge in [-0.25, -0.2) is 14.5 Å². The molecule has 1 N–H and O–H groups in total. The smallest absolute Gasteiger partial charge is 0.153 e. The van der Waals surface area contributed by atoms with E-state index in [1.165, 1.54) is 18.5 Å². The number of imidazole rings is 1. The van der Waals surface area contributed by atoms with Crippen LogP contribution in [0.2, 0.25) is 0 Å². The molecule has 3 aromatic rings. The molecule has 0 aromatic carbocycles. The number of anilines is 1. The summed E-state index contributed by atoms with van der Waals surface area (Å²) in [7, 11) is 0. The van der Waals surface area contributed by atoms with Crippen molar-refractivity contribution in [2.24, 2.45) is 0 Å². The Bertz CT molecular complexity index is 794. The minimum Gasteiger partial charge on any atom is -0.379 e. The van der Waals surface area contributed by atoms with Crippen molar-refractivity contribution in [1.82, 2.24) is 19.6 Å². The Morgan fingerprint density at radius 2 is 2.19 bits per heavy atom. The van der Waals surface area contributed by atoms with Crippen LogP contribution in [0.4, 0.5) is 5.69 Å². The summed E-state index contributed by atoms with van der Waals surface area (Å²) in [5.74, 6) is 0.660. The first kappa shape index (κ1) is 12.8. The van der Waals surface area contributed by atoms with Crippen molar-refractivity contribution in [3.8, 4) is 0 Å². The standard InChI is InChI=1S/C15H14BrN5/c16-14-7-11(5-6-17-14)18-8-12-9-21-15(19-12)4-3-13(20-21)10-1-2-10/h3-7,9-10H,1-2,8H2,(H,17,18). The van der Waals surface area contributed by atoms with Gasteiger partial charge in [-0.2, -0.15) is 5.10 Å². The Kier molecular flexibility index (Phi) is 3.11. The number of nitrogens with zero attached hydrogens (tertiary/aromatic N) is 4. The van der Waals surface area contributed by atoms with Gasteiger partial charge in [0.05, 0.1) is 24.1 Å². The van der Waals surface area contributed by atoms with Crippen LogP contribution in [0.1, 0.15) is 30.1 Å². The van der Waals surface area contributed by atoms with Gasteiger partial charge in [0.15, 0.2) is 5.65 Å². The molecule has 6 heteroatoms. The molecular formula is C15H14BrN5. The lowest BCUT2D eigenvalue weighted by molar-refractivity contribution is 0.854. The second kappa shape index (κ2) is 5.11. The molecular weight excluding hydrogens is 330 g/mol. The average Bonchev–Trinajstić information content (AvgIpc) is 3.25. The number of hydrogen-bond donors (Lipinski definition) is 1. The van der Waals surface area contributed by atoms with Crippen LogP contribution < -0.4 is 5.32 Å². The van der Waals surface area contributed by atoms with E-state index in [2.05, 4.69) is 42.4 Å². The normalized spacial score (nSPS) is 14.5. The molecule has 3 heterocycles. The van der Waals surface area contributed by atoms with Crippen molar-refractivity contribution >= 4 is 27.3 Å².